The lowest BCUT2D eigenvalue weighted by molar-refractivity contribution is -0.120. The summed E-state index contributed by atoms with van der Waals surface area (Å²) in [4.78, 5) is 25.5. The van der Waals surface area contributed by atoms with Crippen molar-refractivity contribution >= 4 is 27.5 Å². The maximum Gasteiger partial charge on any atom is 0.251 e. The Morgan fingerprint density at radius 2 is 1.66 bits per heavy atom. The minimum atomic E-state index is -3.65. The Labute approximate surface area is 208 Å². The fourth-order valence-corrected chi connectivity index (χ4v) is 6.04. The van der Waals surface area contributed by atoms with Crippen LogP contribution in [0.5, 0.6) is 0 Å². The zero-order chi connectivity index (χ0) is 25.4. The van der Waals surface area contributed by atoms with Crippen LogP contribution in [-0.2, 0) is 20.2 Å². The first kappa shape index (κ1) is 25.4. The number of anilines is 1. The number of rotatable bonds is 6. The number of nitrogens with one attached hydrogen (secondary N) is 2. The molecule has 1 saturated carbocycles. The van der Waals surface area contributed by atoms with E-state index in [4.69, 9.17) is 0 Å². The third kappa shape index (κ3) is 5.93. The van der Waals surface area contributed by atoms with Crippen LogP contribution in [-0.4, -0.2) is 43.7 Å². The summed E-state index contributed by atoms with van der Waals surface area (Å²) >= 11 is 0. The van der Waals surface area contributed by atoms with Crippen molar-refractivity contribution in [2.45, 2.75) is 69.7 Å². The highest BCUT2D eigenvalue weighted by Gasteiger charge is 2.33. The second-order valence-electron chi connectivity index (χ2n) is 10.7. The van der Waals surface area contributed by atoms with Crippen molar-refractivity contribution in [2.75, 3.05) is 18.4 Å². The van der Waals surface area contributed by atoms with Gasteiger partial charge in [-0.05, 0) is 73.4 Å². The van der Waals surface area contributed by atoms with Gasteiger partial charge in [0.25, 0.3) is 5.91 Å². The number of aryl methyl sites for hydroxylation is 1. The van der Waals surface area contributed by atoms with Gasteiger partial charge in [0.05, 0.1) is 4.90 Å². The zero-order valence-electron chi connectivity index (χ0n) is 20.9. The van der Waals surface area contributed by atoms with E-state index < -0.39 is 10.0 Å². The first-order valence-corrected chi connectivity index (χ1v) is 13.7. The summed E-state index contributed by atoms with van der Waals surface area (Å²) < 4.78 is 28.3. The Morgan fingerprint density at radius 3 is 2.29 bits per heavy atom. The minimum Gasteiger partial charge on any atom is -0.349 e. The lowest BCUT2D eigenvalue weighted by Gasteiger charge is -2.31. The van der Waals surface area contributed by atoms with Crippen LogP contribution >= 0.6 is 0 Å². The zero-order valence-corrected chi connectivity index (χ0v) is 21.7. The summed E-state index contributed by atoms with van der Waals surface area (Å²) in [6, 6.07) is 12.8. The van der Waals surface area contributed by atoms with Crippen molar-refractivity contribution in [3.05, 3.63) is 59.2 Å². The number of carbonyl (C=O) groups is 2. The van der Waals surface area contributed by atoms with Crippen molar-refractivity contribution < 1.29 is 18.0 Å². The molecule has 2 aliphatic rings. The SMILES string of the molecule is Cc1ccc(C(C)(C)C)cc1S(=O)(=O)N1CCC(C(=O)Nc2cccc(C(=O)NC3CC3)c2)CC1. The van der Waals surface area contributed by atoms with Crippen molar-refractivity contribution in [1.29, 1.82) is 0 Å². The molecule has 0 unspecified atom stereocenters. The summed E-state index contributed by atoms with van der Waals surface area (Å²) in [6.45, 7) is 8.60. The predicted molar refractivity (Wildman–Crippen MR) is 137 cm³/mol. The molecule has 8 heteroatoms. The highest BCUT2D eigenvalue weighted by atomic mass is 32.2. The van der Waals surface area contributed by atoms with Crippen molar-refractivity contribution in [3.8, 4) is 0 Å². The first-order valence-electron chi connectivity index (χ1n) is 12.3. The van der Waals surface area contributed by atoms with E-state index >= 15 is 0 Å². The van der Waals surface area contributed by atoms with Gasteiger partial charge in [-0.15, -0.1) is 0 Å². The number of hydrogen-bond acceptors (Lipinski definition) is 4. The molecule has 4 rings (SSSR count). The number of sulfonamides is 1. The number of piperidine rings is 1. The van der Waals surface area contributed by atoms with Gasteiger partial charge in [0, 0.05) is 36.3 Å². The van der Waals surface area contributed by atoms with E-state index in [0.29, 0.717) is 42.1 Å². The molecule has 0 spiro atoms. The molecule has 0 aromatic heterocycles. The maximum atomic E-state index is 13.4. The van der Waals surface area contributed by atoms with Gasteiger partial charge in [-0.2, -0.15) is 4.31 Å². The van der Waals surface area contributed by atoms with Crippen LogP contribution in [0.25, 0.3) is 0 Å². The van der Waals surface area contributed by atoms with Gasteiger partial charge < -0.3 is 10.6 Å². The molecule has 2 aromatic rings. The normalized spacial score (nSPS) is 17.7. The number of hydrogen-bond donors (Lipinski definition) is 2. The van der Waals surface area contributed by atoms with Gasteiger partial charge >= 0.3 is 0 Å². The monoisotopic (exact) mass is 497 g/mol. The number of amides is 2. The van der Waals surface area contributed by atoms with Crippen LogP contribution in [0, 0.1) is 12.8 Å². The van der Waals surface area contributed by atoms with Crippen molar-refractivity contribution in [2.24, 2.45) is 5.92 Å². The Balaban J connectivity index is 1.39. The molecule has 0 bridgehead atoms. The average molecular weight is 498 g/mol. The second kappa shape index (κ2) is 9.74. The standard InChI is InChI=1S/C27H35N3O4S/c1-18-8-9-21(27(2,3)4)17-24(18)35(33,34)30-14-12-19(13-15-30)25(31)29-23-7-5-6-20(16-23)26(32)28-22-10-11-22/h5-9,16-17,19,22H,10-15H2,1-4H3,(H,28,32)(H,29,31). The number of carbonyl (C=O) groups excluding carboxylic acids is 2. The van der Waals surface area contributed by atoms with E-state index in [2.05, 4.69) is 31.4 Å². The van der Waals surface area contributed by atoms with Crippen LogP contribution in [0.1, 0.15) is 67.9 Å². The molecule has 7 nitrogen and oxygen atoms in total. The van der Waals surface area contributed by atoms with Crippen LogP contribution in [0.2, 0.25) is 0 Å². The van der Waals surface area contributed by atoms with E-state index in [0.717, 1.165) is 24.0 Å². The molecule has 1 aliphatic carbocycles. The largest absolute Gasteiger partial charge is 0.349 e. The molecule has 1 heterocycles. The fraction of sp³-hybridized carbons (Fsp3) is 0.481. The summed E-state index contributed by atoms with van der Waals surface area (Å²) in [6.07, 6.45) is 2.92. The summed E-state index contributed by atoms with van der Waals surface area (Å²) in [5.74, 6) is -0.562. The van der Waals surface area contributed by atoms with Gasteiger partial charge in [0.15, 0.2) is 0 Å². The van der Waals surface area contributed by atoms with Crippen LogP contribution in [0.15, 0.2) is 47.4 Å². The first-order chi connectivity index (χ1) is 16.4. The molecule has 1 saturated heterocycles. The third-order valence-electron chi connectivity index (χ3n) is 6.80. The Hall–Kier alpha value is -2.71. The third-order valence-corrected chi connectivity index (χ3v) is 8.84. The molecule has 0 atom stereocenters. The molecule has 2 aromatic carbocycles. The fourth-order valence-electron chi connectivity index (χ4n) is 4.32. The van der Waals surface area contributed by atoms with E-state index in [1.807, 2.05) is 19.1 Å². The molecule has 0 radical (unpaired) electrons. The molecule has 35 heavy (non-hydrogen) atoms. The molecular weight excluding hydrogens is 462 g/mol. The molecule has 2 amide bonds. The molecule has 2 fully saturated rings. The van der Waals surface area contributed by atoms with Gasteiger partial charge in [0.1, 0.15) is 0 Å². The number of benzene rings is 2. The lowest BCUT2D eigenvalue weighted by Crippen LogP contribution is -2.41. The minimum absolute atomic E-state index is 0.132. The van der Waals surface area contributed by atoms with Crippen molar-refractivity contribution in [1.82, 2.24) is 9.62 Å². The average Bonchev–Trinajstić information content (AvgIpc) is 3.62. The van der Waals surface area contributed by atoms with Gasteiger partial charge in [-0.1, -0.05) is 39.0 Å². The van der Waals surface area contributed by atoms with Gasteiger partial charge in [-0.3, -0.25) is 9.59 Å². The van der Waals surface area contributed by atoms with Gasteiger partial charge in [0.2, 0.25) is 15.9 Å². The summed E-state index contributed by atoms with van der Waals surface area (Å²) in [5, 5.41) is 5.86. The van der Waals surface area contributed by atoms with E-state index in [-0.39, 0.29) is 29.2 Å². The molecule has 1 aliphatic heterocycles. The van der Waals surface area contributed by atoms with Gasteiger partial charge in [-0.25, -0.2) is 8.42 Å². The highest BCUT2D eigenvalue weighted by molar-refractivity contribution is 7.89. The molecular formula is C27H35N3O4S. The van der Waals surface area contributed by atoms with Crippen LogP contribution in [0.4, 0.5) is 5.69 Å². The second-order valence-corrected chi connectivity index (χ2v) is 12.6. The predicted octanol–water partition coefficient (Wildman–Crippen LogP) is 4.22. The molecule has 188 valence electrons. The molecule has 2 N–H and O–H groups in total. The smallest absolute Gasteiger partial charge is 0.251 e. The maximum absolute atomic E-state index is 13.4. The Bertz CT molecular complexity index is 1220. The van der Waals surface area contributed by atoms with E-state index in [9.17, 15) is 18.0 Å². The number of nitrogens with zero attached hydrogens (tertiary/aromatic N) is 1. The Kier molecular flexibility index (Phi) is 7.06. The highest BCUT2D eigenvalue weighted by Crippen LogP contribution is 2.30. The summed E-state index contributed by atoms with van der Waals surface area (Å²) in [5.41, 5.74) is 2.64. The Morgan fingerprint density at radius 1 is 0.971 bits per heavy atom. The van der Waals surface area contributed by atoms with E-state index in [1.165, 1.54) is 4.31 Å². The topological polar surface area (TPSA) is 95.6 Å². The lowest BCUT2D eigenvalue weighted by atomic mass is 9.87. The van der Waals surface area contributed by atoms with Crippen molar-refractivity contribution in [3.63, 3.8) is 0 Å². The van der Waals surface area contributed by atoms with E-state index in [1.54, 1.807) is 30.3 Å². The quantitative estimate of drug-likeness (QED) is 0.625. The van der Waals surface area contributed by atoms with Crippen LogP contribution < -0.4 is 10.6 Å². The summed E-state index contributed by atoms with van der Waals surface area (Å²) in [7, 11) is -3.65. The van der Waals surface area contributed by atoms with Crippen LogP contribution in [0.3, 0.4) is 0 Å².